The number of ether oxygens (including phenoxy) is 1. The second-order valence-corrected chi connectivity index (χ2v) is 2.55. The van der Waals surface area contributed by atoms with Crippen molar-refractivity contribution in [1.82, 2.24) is 5.32 Å². The number of carbonyl (C=O) groups is 1. The van der Waals surface area contributed by atoms with Crippen molar-refractivity contribution in [2.24, 2.45) is 0 Å². The Balaban J connectivity index is 3.76. The van der Waals surface area contributed by atoms with Crippen molar-refractivity contribution in [2.45, 2.75) is 25.8 Å². The highest BCUT2D eigenvalue weighted by atomic mass is 16.5. The van der Waals surface area contributed by atoms with Crippen LogP contribution in [0, 0.1) is 0 Å². The fourth-order valence-electron chi connectivity index (χ4n) is 0.910. The highest BCUT2D eigenvalue weighted by Gasteiger charge is 2.15. The van der Waals surface area contributed by atoms with Crippen LogP contribution in [0.1, 0.15) is 19.8 Å². The van der Waals surface area contributed by atoms with Gasteiger partial charge in [0, 0.05) is 0 Å². The first-order valence-electron chi connectivity index (χ1n) is 4.21. The van der Waals surface area contributed by atoms with Crippen molar-refractivity contribution in [3.8, 4) is 0 Å². The minimum absolute atomic E-state index is 0.171. The molecular formula is C9H17NO2. The molecule has 0 aromatic carbocycles. The zero-order chi connectivity index (χ0) is 9.40. The fourth-order valence-corrected chi connectivity index (χ4v) is 0.910. The Labute approximate surface area is 73.8 Å². The number of likely N-dealkylation sites (N-methyl/N-ethyl adjacent to an activating group) is 1. The lowest BCUT2D eigenvalue weighted by Gasteiger charge is -2.12. The summed E-state index contributed by atoms with van der Waals surface area (Å²) < 4.78 is 4.88. The second kappa shape index (κ2) is 6.85. The first-order chi connectivity index (χ1) is 5.76. The predicted octanol–water partition coefficient (Wildman–Crippen LogP) is 1.10. The van der Waals surface area contributed by atoms with Gasteiger partial charge in [-0.1, -0.05) is 26.0 Å². The molecule has 12 heavy (non-hydrogen) atoms. The molecule has 0 rings (SSSR count). The minimum atomic E-state index is -0.195. The molecule has 0 fully saturated rings. The predicted molar refractivity (Wildman–Crippen MR) is 48.9 cm³/mol. The summed E-state index contributed by atoms with van der Waals surface area (Å²) in [7, 11) is 1.76. The third-order valence-corrected chi connectivity index (χ3v) is 1.55. The Morgan fingerprint density at radius 1 is 1.75 bits per heavy atom. The van der Waals surface area contributed by atoms with Crippen LogP contribution < -0.4 is 5.32 Å². The molecule has 0 amide bonds. The van der Waals surface area contributed by atoms with E-state index < -0.39 is 0 Å². The van der Waals surface area contributed by atoms with E-state index in [0.29, 0.717) is 6.61 Å². The lowest BCUT2D eigenvalue weighted by atomic mass is 10.2. The van der Waals surface area contributed by atoms with Gasteiger partial charge >= 0.3 is 5.97 Å². The smallest absolute Gasteiger partial charge is 0.323 e. The van der Waals surface area contributed by atoms with Crippen molar-refractivity contribution in [2.75, 3.05) is 13.7 Å². The van der Waals surface area contributed by atoms with Gasteiger partial charge in [0.25, 0.3) is 0 Å². The summed E-state index contributed by atoms with van der Waals surface area (Å²) in [4.78, 5) is 11.2. The topological polar surface area (TPSA) is 38.3 Å². The van der Waals surface area contributed by atoms with Crippen LogP contribution in [0.4, 0.5) is 0 Å². The Hall–Kier alpha value is -0.830. The summed E-state index contributed by atoms with van der Waals surface area (Å²) in [6, 6.07) is -0.171. The van der Waals surface area contributed by atoms with Gasteiger partial charge in [0.05, 0.1) is 0 Å². The monoisotopic (exact) mass is 171 g/mol. The number of esters is 1. The summed E-state index contributed by atoms with van der Waals surface area (Å²) in [5.74, 6) is -0.195. The van der Waals surface area contributed by atoms with Gasteiger partial charge in [-0.15, -0.1) is 0 Å². The second-order valence-electron chi connectivity index (χ2n) is 2.55. The van der Waals surface area contributed by atoms with E-state index in [4.69, 9.17) is 4.74 Å². The number of hydrogen-bond acceptors (Lipinski definition) is 3. The molecule has 0 aromatic heterocycles. The molecule has 0 bridgehead atoms. The van der Waals surface area contributed by atoms with Crippen LogP contribution in [0.3, 0.4) is 0 Å². The van der Waals surface area contributed by atoms with E-state index in [-0.39, 0.29) is 12.0 Å². The summed E-state index contributed by atoms with van der Waals surface area (Å²) >= 11 is 0. The van der Waals surface area contributed by atoms with Gasteiger partial charge in [-0.05, 0) is 13.5 Å². The van der Waals surface area contributed by atoms with Crippen molar-refractivity contribution < 1.29 is 9.53 Å². The van der Waals surface area contributed by atoms with E-state index >= 15 is 0 Å². The molecule has 0 aromatic rings. The standard InChI is InChI=1S/C9H17NO2/c1-4-6-8(10-3)9(11)12-7-5-2/h5,8,10H,2,4,6-7H2,1,3H3. The van der Waals surface area contributed by atoms with Crippen LogP contribution in [0.25, 0.3) is 0 Å². The molecule has 0 saturated carbocycles. The first-order valence-corrected chi connectivity index (χ1v) is 4.21. The zero-order valence-electron chi connectivity index (χ0n) is 7.80. The fraction of sp³-hybridized carbons (Fsp3) is 0.667. The molecule has 0 heterocycles. The van der Waals surface area contributed by atoms with Crippen molar-refractivity contribution >= 4 is 5.97 Å². The van der Waals surface area contributed by atoms with Crippen LogP contribution in [0.15, 0.2) is 12.7 Å². The highest BCUT2D eigenvalue weighted by Crippen LogP contribution is 1.98. The number of hydrogen-bond donors (Lipinski definition) is 1. The molecule has 0 aliphatic heterocycles. The molecule has 0 saturated heterocycles. The van der Waals surface area contributed by atoms with Gasteiger partial charge in [0.15, 0.2) is 0 Å². The summed E-state index contributed by atoms with van der Waals surface area (Å²) in [5, 5.41) is 2.90. The van der Waals surface area contributed by atoms with Gasteiger partial charge < -0.3 is 10.1 Å². The van der Waals surface area contributed by atoms with Gasteiger partial charge in [-0.3, -0.25) is 4.79 Å². The van der Waals surface area contributed by atoms with Gasteiger partial charge in [-0.25, -0.2) is 0 Å². The SMILES string of the molecule is C=CCOC(=O)C(CCC)NC. The van der Waals surface area contributed by atoms with Gasteiger partial charge in [0.2, 0.25) is 0 Å². The van der Waals surface area contributed by atoms with Crippen LogP contribution in [-0.2, 0) is 9.53 Å². The Bertz CT molecular complexity index is 145. The molecule has 0 radical (unpaired) electrons. The van der Waals surface area contributed by atoms with E-state index in [1.807, 2.05) is 6.92 Å². The molecule has 1 N–H and O–H groups in total. The Morgan fingerprint density at radius 2 is 2.42 bits per heavy atom. The van der Waals surface area contributed by atoms with Crippen LogP contribution >= 0.6 is 0 Å². The Morgan fingerprint density at radius 3 is 2.83 bits per heavy atom. The molecule has 3 heteroatoms. The lowest BCUT2D eigenvalue weighted by Crippen LogP contribution is -2.35. The number of nitrogens with one attached hydrogen (secondary N) is 1. The first kappa shape index (κ1) is 11.2. The van der Waals surface area contributed by atoms with Crippen LogP contribution in [0.2, 0.25) is 0 Å². The van der Waals surface area contributed by atoms with Crippen molar-refractivity contribution in [1.29, 1.82) is 0 Å². The number of rotatable bonds is 6. The lowest BCUT2D eigenvalue weighted by molar-refractivity contribution is -0.144. The highest BCUT2D eigenvalue weighted by molar-refractivity contribution is 5.75. The summed E-state index contributed by atoms with van der Waals surface area (Å²) in [5.41, 5.74) is 0. The van der Waals surface area contributed by atoms with Crippen molar-refractivity contribution in [3.05, 3.63) is 12.7 Å². The Kier molecular flexibility index (Phi) is 6.38. The molecule has 3 nitrogen and oxygen atoms in total. The largest absolute Gasteiger partial charge is 0.460 e. The van der Waals surface area contributed by atoms with Crippen LogP contribution in [-0.4, -0.2) is 25.7 Å². The van der Waals surface area contributed by atoms with E-state index in [1.54, 1.807) is 13.1 Å². The van der Waals surface area contributed by atoms with E-state index in [0.717, 1.165) is 12.8 Å². The van der Waals surface area contributed by atoms with Gasteiger partial charge in [-0.2, -0.15) is 0 Å². The molecule has 0 aliphatic carbocycles. The quantitative estimate of drug-likeness (QED) is 0.480. The molecule has 1 unspecified atom stereocenters. The summed E-state index contributed by atoms with van der Waals surface area (Å²) in [6.45, 7) is 5.79. The van der Waals surface area contributed by atoms with Crippen molar-refractivity contribution in [3.63, 3.8) is 0 Å². The molecule has 0 aliphatic rings. The summed E-state index contributed by atoms with van der Waals surface area (Å²) in [6.07, 6.45) is 3.34. The maximum Gasteiger partial charge on any atom is 0.323 e. The average Bonchev–Trinajstić information content (AvgIpc) is 2.10. The molecule has 0 spiro atoms. The minimum Gasteiger partial charge on any atom is -0.460 e. The normalized spacial score (nSPS) is 12.2. The molecule has 1 atom stereocenters. The maximum atomic E-state index is 11.2. The van der Waals surface area contributed by atoms with Crippen LogP contribution in [0.5, 0.6) is 0 Å². The van der Waals surface area contributed by atoms with E-state index in [1.165, 1.54) is 0 Å². The number of carbonyl (C=O) groups excluding carboxylic acids is 1. The average molecular weight is 171 g/mol. The van der Waals surface area contributed by atoms with Gasteiger partial charge in [0.1, 0.15) is 12.6 Å². The third kappa shape index (κ3) is 4.13. The zero-order valence-corrected chi connectivity index (χ0v) is 7.80. The molecule has 70 valence electrons. The maximum absolute atomic E-state index is 11.2. The van der Waals surface area contributed by atoms with E-state index in [9.17, 15) is 4.79 Å². The van der Waals surface area contributed by atoms with E-state index in [2.05, 4.69) is 11.9 Å². The molecular weight excluding hydrogens is 154 g/mol. The third-order valence-electron chi connectivity index (χ3n) is 1.55.